The molecule has 0 aliphatic carbocycles. The van der Waals surface area contributed by atoms with Gasteiger partial charge < -0.3 is 5.32 Å². The zero-order chi connectivity index (χ0) is 17.9. The van der Waals surface area contributed by atoms with E-state index in [1.807, 2.05) is 0 Å². The van der Waals surface area contributed by atoms with Gasteiger partial charge in [-0.1, -0.05) is 24.6 Å². The highest BCUT2D eigenvalue weighted by atomic mass is 32.2. The Morgan fingerprint density at radius 1 is 1.20 bits per heavy atom. The molecule has 0 atom stereocenters. The Balaban J connectivity index is 1.77. The van der Waals surface area contributed by atoms with Crippen LogP contribution in [-0.4, -0.2) is 41.5 Å². The molecule has 0 bridgehead atoms. The van der Waals surface area contributed by atoms with Crippen LogP contribution in [0.25, 0.3) is 0 Å². The summed E-state index contributed by atoms with van der Waals surface area (Å²) in [6, 6.07) is 6.83. The molecule has 0 radical (unpaired) electrons. The lowest BCUT2D eigenvalue weighted by Gasteiger charge is -2.26. The first-order valence-corrected chi connectivity index (χ1v) is 9.77. The summed E-state index contributed by atoms with van der Waals surface area (Å²) in [5.41, 5.74) is 1.03. The molecule has 3 rings (SSSR count). The Hall–Kier alpha value is -2.19. The largest absolute Gasteiger partial charge is 0.348 e. The van der Waals surface area contributed by atoms with Crippen LogP contribution in [0.5, 0.6) is 0 Å². The molecule has 1 aromatic heterocycles. The van der Waals surface area contributed by atoms with Crippen LogP contribution in [0.3, 0.4) is 0 Å². The molecule has 1 saturated heterocycles. The molecule has 7 nitrogen and oxygen atoms in total. The number of piperidine rings is 1. The Bertz CT molecular complexity index is 854. The Morgan fingerprint density at radius 2 is 1.92 bits per heavy atom. The van der Waals surface area contributed by atoms with E-state index in [9.17, 15) is 13.2 Å². The number of carbonyl (C=O) groups is 1. The third kappa shape index (κ3) is 3.91. The van der Waals surface area contributed by atoms with Crippen molar-refractivity contribution in [3.05, 3.63) is 47.8 Å². The molecule has 2 heterocycles. The molecule has 2 aromatic rings. The van der Waals surface area contributed by atoms with Crippen LogP contribution in [-0.2, 0) is 23.6 Å². The van der Waals surface area contributed by atoms with Gasteiger partial charge in [0, 0.05) is 32.9 Å². The second-order valence-electron chi connectivity index (χ2n) is 6.16. The Morgan fingerprint density at radius 3 is 2.60 bits per heavy atom. The fraction of sp³-hybridized carbons (Fsp3) is 0.412. The lowest BCUT2D eigenvalue weighted by Crippen LogP contribution is -2.36. The van der Waals surface area contributed by atoms with E-state index in [1.165, 1.54) is 10.5 Å². The average Bonchev–Trinajstić information content (AvgIpc) is 3.07. The normalized spacial score (nSPS) is 15.9. The van der Waals surface area contributed by atoms with Crippen LogP contribution >= 0.6 is 0 Å². The van der Waals surface area contributed by atoms with Gasteiger partial charge in [-0.05, 0) is 24.5 Å². The van der Waals surface area contributed by atoms with Crippen LogP contribution in [0.4, 0.5) is 0 Å². The van der Waals surface area contributed by atoms with Crippen LogP contribution in [0.2, 0.25) is 0 Å². The molecule has 1 fully saturated rings. The van der Waals surface area contributed by atoms with Gasteiger partial charge >= 0.3 is 0 Å². The molecule has 1 amide bonds. The number of aryl methyl sites for hydroxylation is 1. The molecule has 1 aliphatic rings. The van der Waals surface area contributed by atoms with E-state index in [-0.39, 0.29) is 17.3 Å². The summed E-state index contributed by atoms with van der Waals surface area (Å²) in [5, 5.41) is 6.73. The number of carbonyl (C=O) groups excluding carboxylic acids is 1. The predicted molar refractivity (Wildman–Crippen MR) is 93.4 cm³/mol. The number of amides is 1. The van der Waals surface area contributed by atoms with Crippen molar-refractivity contribution in [1.82, 2.24) is 19.4 Å². The number of hydrogen-bond acceptors (Lipinski definition) is 4. The van der Waals surface area contributed by atoms with Crippen LogP contribution < -0.4 is 5.32 Å². The van der Waals surface area contributed by atoms with E-state index in [4.69, 9.17) is 0 Å². The fourth-order valence-electron chi connectivity index (χ4n) is 2.96. The van der Waals surface area contributed by atoms with Crippen molar-refractivity contribution in [3.63, 3.8) is 0 Å². The number of nitrogens with one attached hydrogen (secondary N) is 1. The van der Waals surface area contributed by atoms with E-state index < -0.39 is 10.0 Å². The lowest BCUT2D eigenvalue weighted by atomic mass is 10.2. The van der Waals surface area contributed by atoms with Crippen molar-refractivity contribution in [2.24, 2.45) is 7.05 Å². The van der Waals surface area contributed by atoms with Gasteiger partial charge in [0.05, 0.1) is 16.7 Å². The maximum Gasteiger partial charge on any atom is 0.254 e. The molecular weight excluding hydrogens is 340 g/mol. The highest BCUT2D eigenvalue weighted by Crippen LogP contribution is 2.23. The van der Waals surface area contributed by atoms with Gasteiger partial charge in [-0.3, -0.25) is 9.48 Å². The standard InChI is InChI=1S/C17H22N4O3S/c1-20-13-15(12-19-20)17(22)18-11-14-7-3-4-8-16(14)25(23,24)21-9-5-2-6-10-21/h3-4,7-8,12-13H,2,5-6,9-11H2,1H3,(H,18,22). The molecule has 8 heteroatoms. The highest BCUT2D eigenvalue weighted by Gasteiger charge is 2.27. The maximum atomic E-state index is 12.9. The van der Waals surface area contributed by atoms with Gasteiger partial charge in [-0.25, -0.2) is 8.42 Å². The predicted octanol–water partition coefficient (Wildman–Crippen LogP) is 1.52. The second-order valence-corrected chi connectivity index (χ2v) is 8.06. The molecule has 0 spiro atoms. The van der Waals surface area contributed by atoms with E-state index in [2.05, 4.69) is 10.4 Å². The van der Waals surface area contributed by atoms with Gasteiger partial charge in [0.2, 0.25) is 10.0 Å². The minimum atomic E-state index is -3.54. The zero-order valence-electron chi connectivity index (χ0n) is 14.2. The van der Waals surface area contributed by atoms with Crippen molar-refractivity contribution in [2.45, 2.75) is 30.7 Å². The molecule has 1 aliphatic heterocycles. The van der Waals surface area contributed by atoms with Crippen molar-refractivity contribution < 1.29 is 13.2 Å². The van der Waals surface area contributed by atoms with E-state index in [0.29, 0.717) is 24.2 Å². The van der Waals surface area contributed by atoms with Crippen LogP contribution in [0.1, 0.15) is 35.2 Å². The first kappa shape index (κ1) is 17.6. The zero-order valence-corrected chi connectivity index (χ0v) is 15.0. The summed E-state index contributed by atoms with van der Waals surface area (Å²) in [5.74, 6) is -0.279. The number of benzene rings is 1. The second kappa shape index (κ2) is 7.37. The van der Waals surface area contributed by atoms with Gasteiger partial charge in [-0.15, -0.1) is 0 Å². The minimum absolute atomic E-state index is 0.150. The van der Waals surface area contributed by atoms with Gasteiger partial charge in [0.1, 0.15) is 0 Å². The summed E-state index contributed by atoms with van der Waals surface area (Å²) in [4.78, 5) is 12.4. The highest BCUT2D eigenvalue weighted by molar-refractivity contribution is 7.89. The van der Waals surface area contributed by atoms with Crippen molar-refractivity contribution in [3.8, 4) is 0 Å². The summed E-state index contributed by atoms with van der Waals surface area (Å²) < 4.78 is 28.9. The van der Waals surface area contributed by atoms with Crippen LogP contribution in [0.15, 0.2) is 41.6 Å². The number of aromatic nitrogens is 2. The number of sulfonamides is 1. The third-order valence-corrected chi connectivity index (χ3v) is 6.31. The topological polar surface area (TPSA) is 84.3 Å². The minimum Gasteiger partial charge on any atom is -0.348 e. The van der Waals surface area contributed by atoms with Gasteiger partial charge in [0.15, 0.2) is 0 Å². The van der Waals surface area contributed by atoms with Gasteiger partial charge in [-0.2, -0.15) is 9.40 Å². The number of hydrogen-bond donors (Lipinski definition) is 1. The molecule has 0 saturated carbocycles. The molecule has 0 unspecified atom stereocenters. The van der Waals surface area contributed by atoms with Gasteiger partial charge in [0.25, 0.3) is 5.91 Å². The first-order chi connectivity index (χ1) is 12.0. The van der Waals surface area contributed by atoms with Crippen molar-refractivity contribution in [1.29, 1.82) is 0 Å². The van der Waals surface area contributed by atoms with Crippen molar-refractivity contribution >= 4 is 15.9 Å². The SMILES string of the molecule is Cn1cc(C(=O)NCc2ccccc2S(=O)(=O)N2CCCCC2)cn1. The van der Waals surface area contributed by atoms with Crippen LogP contribution in [0, 0.1) is 0 Å². The molecule has 1 aromatic carbocycles. The van der Waals surface area contributed by atoms with E-state index in [1.54, 1.807) is 42.2 Å². The average molecular weight is 362 g/mol. The number of rotatable bonds is 5. The fourth-order valence-corrected chi connectivity index (χ4v) is 4.70. The summed E-state index contributed by atoms with van der Waals surface area (Å²) in [6.45, 7) is 1.26. The molecular formula is C17H22N4O3S. The number of nitrogens with zero attached hydrogens (tertiary/aromatic N) is 3. The monoisotopic (exact) mass is 362 g/mol. The van der Waals surface area contributed by atoms with E-state index >= 15 is 0 Å². The first-order valence-electron chi connectivity index (χ1n) is 8.33. The molecule has 134 valence electrons. The Labute approximate surface area is 147 Å². The lowest BCUT2D eigenvalue weighted by molar-refractivity contribution is 0.0950. The smallest absolute Gasteiger partial charge is 0.254 e. The third-order valence-electron chi connectivity index (χ3n) is 4.31. The molecule has 25 heavy (non-hydrogen) atoms. The van der Waals surface area contributed by atoms with Crippen molar-refractivity contribution in [2.75, 3.05) is 13.1 Å². The summed E-state index contributed by atoms with van der Waals surface area (Å²) >= 11 is 0. The summed E-state index contributed by atoms with van der Waals surface area (Å²) in [7, 11) is -1.80. The molecule has 1 N–H and O–H groups in total. The summed E-state index contributed by atoms with van der Waals surface area (Å²) in [6.07, 6.45) is 5.94. The van der Waals surface area contributed by atoms with E-state index in [0.717, 1.165) is 19.3 Å². The Kier molecular flexibility index (Phi) is 5.19. The quantitative estimate of drug-likeness (QED) is 0.874. The maximum absolute atomic E-state index is 12.9.